The number of carbonyl (C=O) groups is 5. The van der Waals surface area contributed by atoms with Gasteiger partial charge in [-0.1, -0.05) is 60.7 Å². The van der Waals surface area contributed by atoms with Crippen molar-refractivity contribution in [2.45, 2.75) is 52.0 Å². The smallest absolute Gasteiger partial charge is 0.408 e. The van der Waals surface area contributed by atoms with E-state index in [9.17, 15) is 24.0 Å². The van der Waals surface area contributed by atoms with Crippen LogP contribution in [-0.2, 0) is 51.3 Å². The molecule has 0 bridgehead atoms. The number of nitrogens with one attached hydrogen (secondary N) is 2. The van der Waals surface area contributed by atoms with Gasteiger partial charge in [-0.05, 0) is 25.0 Å². The van der Waals surface area contributed by atoms with E-state index in [4.69, 9.17) is 18.9 Å². The molecule has 11 nitrogen and oxygen atoms in total. The predicted octanol–water partition coefficient (Wildman–Crippen LogP) is 2.42. The Hall–Kier alpha value is -4.41. The summed E-state index contributed by atoms with van der Waals surface area (Å²) in [6, 6.07) is 14.9. The lowest BCUT2D eigenvalue weighted by atomic mass is 10.1. The van der Waals surface area contributed by atoms with Crippen molar-refractivity contribution in [2.24, 2.45) is 0 Å². The summed E-state index contributed by atoms with van der Waals surface area (Å²) in [4.78, 5) is 62.4. The summed E-state index contributed by atoms with van der Waals surface area (Å²) >= 11 is 0. The van der Waals surface area contributed by atoms with Crippen molar-refractivity contribution in [3.63, 3.8) is 0 Å². The number of amides is 2. The molecule has 2 N–H and O–H groups in total. The Bertz CT molecular complexity index is 1000. The van der Waals surface area contributed by atoms with Gasteiger partial charge in [-0.25, -0.2) is 9.59 Å². The second kappa shape index (κ2) is 16.4. The Morgan fingerprint density at radius 2 is 1.13 bits per heavy atom. The van der Waals surface area contributed by atoms with Crippen LogP contribution >= 0.6 is 0 Å². The Balaban J connectivity index is 2.10. The summed E-state index contributed by atoms with van der Waals surface area (Å²) < 4.78 is 20.2. The summed E-state index contributed by atoms with van der Waals surface area (Å²) in [6.07, 6.45) is -2.03. The molecule has 204 valence electrons. The standard InChI is InChI=1S/C27H32N2O9/c1-3-35-23(30)16-22(26(33)36-4-2)28-25(32)21(15-24(31)37-17-19-11-7-5-8-12-19)29-27(34)38-18-20-13-9-6-10-14-20/h5-14,21-22H,3-4,15-18H2,1-2H3,(H,28,32)(H,29,34)/t21-,22-/m1/s1. The monoisotopic (exact) mass is 528 g/mol. The number of ether oxygens (including phenoxy) is 4. The van der Waals surface area contributed by atoms with Crippen molar-refractivity contribution in [2.75, 3.05) is 13.2 Å². The van der Waals surface area contributed by atoms with Crippen LogP contribution < -0.4 is 10.6 Å². The molecule has 2 amide bonds. The average Bonchev–Trinajstić information content (AvgIpc) is 2.91. The number of hydrogen-bond acceptors (Lipinski definition) is 9. The maximum atomic E-state index is 13.1. The van der Waals surface area contributed by atoms with E-state index >= 15 is 0 Å². The van der Waals surface area contributed by atoms with E-state index in [1.54, 1.807) is 68.4 Å². The molecule has 0 aromatic heterocycles. The SMILES string of the molecule is CCOC(=O)C[C@@H](NC(=O)[C@@H](CC(=O)OCc1ccccc1)NC(=O)OCc1ccccc1)C(=O)OCC. The first kappa shape index (κ1) is 29.8. The average molecular weight is 529 g/mol. The van der Waals surface area contributed by atoms with Crippen LogP contribution in [0.2, 0.25) is 0 Å². The first-order valence-corrected chi connectivity index (χ1v) is 12.1. The molecule has 38 heavy (non-hydrogen) atoms. The highest BCUT2D eigenvalue weighted by atomic mass is 16.6. The van der Waals surface area contributed by atoms with Gasteiger partial charge in [0.1, 0.15) is 25.3 Å². The molecule has 0 saturated carbocycles. The van der Waals surface area contributed by atoms with E-state index in [1.165, 1.54) is 0 Å². The minimum Gasteiger partial charge on any atom is -0.466 e. The fourth-order valence-electron chi connectivity index (χ4n) is 3.18. The minimum absolute atomic E-state index is 0.00727. The van der Waals surface area contributed by atoms with Gasteiger partial charge in [0.25, 0.3) is 0 Å². The van der Waals surface area contributed by atoms with E-state index in [1.807, 2.05) is 6.07 Å². The molecule has 2 aromatic rings. The molecule has 2 aromatic carbocycles. The van der Waals surface area contributed by atoms with Gasteiger partial charge in [0.05, 0.1) is 26.1 Å². The van der Waals surface area contributed by atoms with Gasteiger partial charge in [0, 0.05) is 0 Å². The molecule has 0 aliphatic rings. The van der Waals surface area contributed by atoms with Crippen LogP contribution in [0.3, 0.4) is 0 Å². The van der Waals surface area contributed by atoms with Crippen molar-refractivity contribution in [3.05, 3.63) is 71.8 Å². The molecular weight excluding hydrogens is 496 g/mol. The molecule has 0 fully saturated rings. The summed E-state index contributed by atoms with van der Waals surface area (Å²) in [5, 5.41) is 4.69. The van der Waals surface area contributed by atoms with E-state index in [2.05, 4.69) is 10.6 Å². The molecule has 0 aliphatic carbocycles. The zero-order chi connectivity index (χ0) is 27.8. The molecule has 0 radical (unpaired) electrons. The molecule has 2 rings (SSSR count). The van der Waals surface area contributed by atoms with Crippen molar-refractivity contribution >= 4 is 29.9 Å². The molecule has 2 atom stereocenters. The highest BCUT2D eigenvalue weighted by molar-refractivity contribution is 5.93. The van der Waals surface area contributed by atoms with Crippen molar-refractivity contribution in [1.29, 1.82) is 0 Å². The van der Waals surface area contributed by atoms with Gasteiger partial charge in [-0.3, -0.25) is 14.4 Å². The van der Waals surface area contributed by atoms with E-state index in [0.29, 0.717) is 5.56 Å². The van der Waals surface area contributed by atoms with Gasteiger partial charge in [0.2, 0.25) is 5.91 Å². The summed E-state index contributed by atoms with van der Waals surface area (Å²) in [7, 11) is 0. The Morgan fingerprint density at radius 1 is 0.632 bits per heavy atom. The first-order valence-electron chi connectivity index (χ1n) is 12.1. The van der Waals surface area contributed by atoms with Crippen LogP contribution in [-0.4, -0.2) is 55.2 Å². The lowest BCUT2D eigenvalue weighted by Gasteiger charge is -2.21. The maximum Gasteiger partial charge on any atom is 0.408 e. The summed E-state index contributed by atoms with van der Waals surface area (Å²) in [5.41, 5.74) is 1.44. The van der Waals surface area contributed by atoms with Crippen LogP contribution in [0.1, 0.15) is 37.8 Å². The molecule has 0 unspecified atom stereocenters. The predicted molar refractivity (Wildman–Crippen MR) is 134 cm³/mol. The van der Waals surface area contributed by atoms with Crippen molar-refractivity contribution in [3.8, 4) is 0 Å². The molecular formula is C27H32N2O9. The second-order valence-electron chi connectivity index (χ2n) is 7.93. The van der Waals surface area contributed by atoms with Crippen LogP contribution in [0.25, 0.3) is 0 Å². The topological polar surface area (TPSA) is 146 Å². The van der Waals surface area contributed by atoms with E-state index in [-0.39, 0.29) is 26.4 Å². The number of rotatable bonds is 14. The zero-order valence-corrected chi connectivity index (χ0v) is 21.3. The quantitative estimate of drug-likeness (QED) is 0.279. The van der Waals surface area contributed by atoms with Gasteiger partial charge >= 0.3 is 24.0 Å². The highest BCUT2D eigenvalue weighted by Gasteiger charge is 2.31. The Morgan fingerprint density at radius 3 is 1.68 bits per heavy atom. The third kappa shape index (κ3) is 11.1. The van der Waals surface area contributed by atoms with E-state index in [0.717, 1.165) is 5.56 Å². The molecule has 0 saturated heterocycles. The van der Waals surface area contributed by atoms with Gasteiger partial charge in [-0.2, -0.15) is 0 Å². The Kier molecular flexibility index (Phi) is 12.8. The van der Waals surface area contributed by atoms with E-state index < -0.39 is 54.8 Å². The van der Waals surface area contributed by atoms with Crippen LogP contribution in [0, 0.1) is 0 Å². The number of esters is 3. The fourth-order valence-corrected chi connectivity index (χ4v) is 3.18. The lowest BCUT2D eigenvalue weighted by Crippen LogP contribution is -2.53. The third-order valence-corrected chi connectivity index (χ3v) is 5.00. The Labute approximate surface area is 220 Å². The molecule has 11 heteroatoms. The van der Waals surface area contributed by atoms with Crippen LogP contribution in [0.15, 0.2) is 60.7 Å². The first-order chi connectivity index (χ1) is 18.3. The summed E-state index contributed by atoms with van der Waals surface area (Å²) in [6.45, 7) is 3.13. The number of carbonyl (C=O) groups excluding carboxylic acids is 5. The highest BCUT2D eigenvalue weighted by Crippen LogP contribution is 2.07. The summed E-state index contributed by atoms with van der Waals surface area (Å²) in [5.74, 6) is -3.30. The second-order valence-corrected chi connectivity index (χ2v) is 7.93. The lowest BCUT2D eigenvalue weighted by molar-refractivity contribution is -0.153. The minimum atomic E-state index is -1.47. The van der Waals surface area contributed by atoms with Crippen LogP contribution in [0.5, 0.6) is 0 Å². The third-order valence-electron chi connectivity index (χ3n) is 5.00. The maximum absolute atomic E-state index is 13.1. The van der Waals surface area contributed by atoms with Crippen LogP contribution in [0.4, 0.5) is 4.79 Å². The van der Waals surface area contributed by atoms with Gasteiger partial charge in [0.15, 0.2) is 0 Å². The largest absolute Gasteiger partial charge is 0.466 e. The number of alkyl carbamates (subject to hydrolysis) is 1. The zero-order valence-electron chi connectivity index (χ0n) is 21.3. The molecule has 0 spiro atoms. The van der Waals surface area contributed by atoms with Gasteiger partial charge in [-0.15, -0.1) is 0 Å². The van der Waals surface area contributed by atoms with Crippen molar-refractivity contribution in [1.82, 2.24) is 10.6 Å². The number of benzene rings is 2. The molecule has 0 heterocycles. The normalized spacial score (nSPS) is 11.8. The van der Waals surface area contributed by atoms with Gasteiger partial charge < -0.3 is 29.6 Å². The number of hydrogen-bond donors (Lipinski definition) is 2. The molecule has 0 aliphatic heterocycles. The van der Waals surface area contributed by atoms with Crippen molar-refractivity contribution < 1.29 is 42.9 Å². The fraction of sp³-hybridized carbons (Fsp3) is 0.370.